The van der Waals surface area contributed by atoms with Crippen molar-refractivity contribution in [1.29, 1.82) is 0 Å². The molecule has 9 heteroatoms. The van der Waals surface area contributed by atoms with Gasteiger partial charge in [-0.25, -0.2) is 0 Å². The number of aryl methyl sites for hydroxylation is 1. The average molecular weight is 514 g/mol. The van der Waals surface area contributed by atoms with Gasteiger partial charge in [-0.1, -0.05) is 0 Å². The van der Waals surface area contributed by atoms with Crippen molar-refractivity contribution in [3.05, 3.63) is 36.7 Å². The van der Waals surface area contributed by atoms with Gasteiger partial charge < -0.3 is 25.0 Å². The number of hydrogen-bond acceptors (Lipinski definition) is 5. The second-order valence-electron chi connectivity index (χ2n) is 6.77. The quantitative estimate of drug-likeness (QED) is 0.244. The van der Waals surface area contributed by atoms with Crippen molar-refractivity contribution < 1.29 is 9.47 Å². The number of guanidine groups is 1. The number of halogens is 1. The summed E-state index contributed by atoms with van der Waals surface area (Å²) >= 11 is 0. The molecule has 1 fully saturated rings. The summed E-state index contributed by atoms with van der Waals surface area (Å²) in [4.78, 5) is 6.69. The Kier molecular flexibility index (Phi) is 9.36. The molecule has 1 unspecified atom stereocenters. The van der Waals surface area contributed by atoms with Crippen molar-refractivity contribution >= 4 is 35.6 Å². The Labute approximate surface area is 189 Å². The Morgan fingerprint density at radius 2 is 2.00 bits per heavy atom. The van der Waals surface area contributed by atoms with Gasteiger partial charge in [0.15, 0.2) is 5.96 Å². The predicted octanol–water partition coefficient (Wildman–Crippen LogP) is 2.35. The monoisotopic (exact) mass is 514 g/mol. The first kappa shape index (κ1) is 23.1. The van der Waals surface area contributed by atoms with Gasteiger partial charge in [0.05, 0.1) is 14.2 Å². The van der Waals surface area contributed by atoms with Crippen LogP contribution in [0.3, 0.4) is 0 Å². The van der Waals surface area contributed by atoms with Crippen molar-refractivity contribution in [2.45, 2.75) is 25.4 Å². The summed E-state index contributed by atoms with van der Waals surface area (Å²) in [5, 5.41) is 11.1. The number of benzene rings is 1. The second kappa shape index (κ2) is 11.7. The number of methoxy groups -OCH3 is 2. The van der Waals surface area contributed by atoms with E-state index in [2.05, 4.69) is 25.6 Å². The summed E-state index contributed by atoms with van der Waals surface area (Å²) in [7, 11) is 5.16. The molecule has 0 spiro atoms. The Morgan fingerprint density at radius 3 is 2.62 bits per heavy atom. The lowest BCUT2D eigenvalue weighted by Crippen LogP contribution is -2.45. The highest BCUT2D eigenvalue weighted by Crippen LogP contribution is 2.30. The minimum atomic E-state index is 0. The zero-order chi connectivity index (χ0) is 19.8. The van der Waals surface area contributed by atoms with Crippen LogP contribution in [0.25, 0.3) is 0 Å². The molecule has 3 rings (SSSR count). The van der Waals surface area contributed by atoms with E-state index in [1.54, 1.807) is 20.4 Å². The number of rotatable bonds is 8. The van der Waals surface area contributed by atoms with Crippen LogP contribution in [0.15, 0.2) is 41.7 Å². The van der Waals surface area contributed by atoms with Crippen LogP contribution in [0.1, 0.15) is 12.8 Å². The number of aliphatic imine (C=N–C) groups is 1. The van der Waals surface area contributed by atoms with Gasteiger partial charge in [-0.2, -0.15) is 5.10 Å². The molecular formula is C20H31IN6O2. The largest absolute Gasteiger partial charge is 0.497 e. The predicted molar refractivity (Wildman–Crippen MR) is 127 cm³/mol. The topological polar surface area (TPSA) is 75.9 Å². The molecule has 8 nitrogen and oxygen atoms in total. The van der Waals surface area contributed by atoms with Crippen molar-refractivity contribution in [3.8, 4) is 11.5 Å². The fourth-order valence-corrected chi connectivity index (χ4v) is 3.36. The minimum absolute atomic E-state index is 0. The van der Waals surface area contributed by atoms with E-state index in [1.807, 2.05) is 42.2 Å². The first-order chi connectivity index (χ1) is 13.7. The highest BCUT2D eigenvalue weighted by Gasteiger charge is 2.24. The molecule has 0 amide bonds. The summed E-state index contributed by atoms with van der Waals surface area (Å²) in [5.41, 5.74) is 1.11. The summed E-state index contributed by atoms with van der Waals surface area (Å²) in [6.45, 7) is 3.63. The van der Waals surface area contributed by atoms with Gasteiger partial charge in [0.25, 0.3) is 0 Å². The first-order valence-corrected chi connectivity index (χ1v) is 9.64. The average Bonchev–Trinajstić information content (AvgIpc) is 3.41. The number of aromatic nitrogens is 2. The van der Waals surface area contributed by atoms with Crippen LogP contribution in [-0.4, -0.2) is 62.7 Å². The Morgan fingerprint density at radius 1 is 1.24 bits per heavy atom. The highest BCUT2D eigenvalue weighted by atomic mass is 127. The molecule has 0 radical (unpaired) electrons. The van der Waals surface area contributed by atoms with Crippen molar-refractivity contribution in [1.82, 2.24) is 20.4 Å². The minimum Gasteiger partial charge on any atom is -0.497 e. The SMILES string of the molecule is CN=C(NCCCn1cccn1)NC1CCN(c2cc(OC)cc(OC)c2)C1.I. The highest BCUT2D eigenvalue weighted by molar-refractivity contribution is 14.0. The van der Waals surface area contributed by atoms with Gasteiger partial charge in [-0.05, 0) is 18.9 Å². The van der Waals surface area contributed by atoms with Gasteiger partial charge >= 0.3 is 0 Å². The van der Waals surface area contributed by atoms with Gasteiger partial charge in [0, 0.05) is 75.5 Å². The van der Waals surface area contributed by atoms with E-state index < -0.39 is 0 Å². The van der Waals surface area contributed by atoms with E-state index in [0.29, 0.717) is 6.04 Å². The lowest BCUT2D eigenvalue weighted by Gasteiger charge is -2.21. The fraction of sp³-hybridized carbons (Fsp3) is 0.500. The molecule has 1 atom stereocenters. The molecule has 29 heavy (non-hydrogen) atoms. The van der Waals surface area contributed by atoms with Crippen LogP contribution in [0.5, 0.6) is 11.5 Å². The Balaban J connectivity index is 0.00000300. The summed E-state index contributed by atoms with van der Waals surface area (Å²) < 4.78 is 12.7. The molecule has 2 heterocycles. The molecule has 2 N–H and O–H groups in total. The number of nitrogens with one attached hydrogen (secondary N) is 2. The van der Waals surface area contributed by atoms with Gasteiger partial charge in [0.2, 0.25) is 0 Å². The Bertz CT molecular complexity index is 746. The number of nitrogens with zero attached hydrogens (tertiary/aromatic N) is 4. The van der Waals surface area contributed by atoms with Crippen LogP contribution >= 0.6 is 24.0 Å². The van der Waals surface area contributed by atoms with Crippen LogP contribution in [0.2, 0.25) is 0 Å². The molecule has 160 valence electrons. The first-order valence-electron chi connectivity index (χ1n) is 9.64. The standard InChI is InChI=1S/C20H30N6O2.HI/c1-21-20(22-7-4-9-26-10-5-8-23-26)24-16-6-11-25(15-16)17-12-18(27-2)14-19(13-17)28-3;/h5,8,10,12-14,16H,4,6-7,9,11,15H2,1-3H3,(H2,21,22,24);1H. The molecule has 1 aromatic carbocycles. The maximum atomic E-state index is 5.39. The van der Waals surface area contributed by atoms with Crippen LogP contribution in [-0.2, 0) is 6.54 Å². The van der Waals surface area contributed by atoms with Crippen molar-refractivity contribution in [3.63, 3.8) is 0 Å². The zero-order valence-corrected chi connectivity index (χ0v) is 19.6. The molecule has 1 saturated heterocycles. The van der Waals surface area contributed by atoms with Crippen LogP contribution in [0, 0.1) is 0 Å². The summed E-state index contributed by atoms with van der Waals surface area (Å²) in [5.74, 6) is 2.45. The van der Waals surface area contributed by atoms with E-state index in [0.717, 1.165) is 62.2 Å². The van der Waals surface area contributed by atoms with E-state index in [1.165, 1.54) is 0 Å². The van der Waals surface area contributed by atoms with Crippen molar-refractivity contribution in [2.75, 3.05) is 45.8 Å². The van der Waals surface area contributed by atoms with Crippen LogP contribution < -0.4 is 25.0 Å². The molecular weight excluding hydrogens is 483 g/mol. The van der Waals surface area contributed by atoms with Gasteiger partial charge in [-0.3, -0.25) is 9.67 Å². The maximum absolute atomic E-state index is 5.39. The summed E-state index contributed by atoms with van der Waals surface area (Å²) in [6, 6.07) is 8.28. The molecule has 0 saturated carbocycles. The van der Waals surface area contributed by atoms with Crippen LogP contribution in [0.4, 0.5) is 5.69 Å². The zero-order valence-electron chi connectivity index (χ0n) is 17.3. The van der Waals surface area contributed by atoms with Gasteiger partial charge in [0.1, 0.15) is 11.5 Å². The lowest BCUT2D eigenvalue weighted by atomic mass is 10.2. The van der Waals surface area contributed by atoms with Gasteiger partial charge in [-0.15, -0.1) is 24.0 Å². The lowest BCUT2D eigenvalue weighted by molar-refractivity contribution is 0.394. The third kappa shape index (κ3) is 6.69. The molecule has 1 aromatic heterocycles. The summed E-state index contributed by atoms with van der Waals surface area (Å²) in [6.07, 6.45) is 5.82. The van der Waals surface area contributed by atoms with E-state index in [9.17, 15) is 0 Å². The number of hydrogen-bond donors (Lipinski definition) is 2. The maximum Gasteiger partial charge on any atom is 0.191 e. The molecule has 1 aliphatic heterocycles. The third-order valence-electron chi connectivity index (χ3n) is 4.87. The van der Waals surface area contributed by atoms with E-state index in [-0.39, 0.29) is 24.0 Å². The molecule has 0 aliphatic carbocycles. The smallest absolute Gasteiger partial charge is 0.191 e. The normalized spacial score (nSPS) is 16.3. The number of anilines is 1. The number of ether oxygens (including phenoxy) is 2. The fourth-order valence-electron chi connectivity index (χ4n) is 3.36. The molecule has 2 aromatic rings. The third-order valence-corrected chi connectivity index (χ3v) is 4.87. The Hall–Kier alpha value is -2.17. The van der Waals surface area contributed by atoms with Crippen molar-refractivity contribution in [2.24, 2.45) is 4.99 Å². The molecule has 0 bridgehead atoms. The van der Waals surface area contributed by atoms with E-state index in [4.69, 9.17) is 9.47 Å². The second-order valence-corrected chi connectivity index (χ2v) is 6.77. The van der Waals surface area contributed by atoms with E-state index >= 15 is 0 Å². The molecule has 1 aliphatic rings.